The predicted octanol–water partition coefficient (Wildman–Crippen LogP) is 3.56. The van der Waals surface area contributed by atoms with E-state index in [-0.39, 0.29) is 23.8 Å². The lowest BCUT2D eigenvalue weighted by atomic mass is 10.1. The Labute approximate surface area is 204 Å². The van der Waals surface area contributed by atoms with Crippen molar-refractivity contribution >= 4 is 57.8 Å². The van der Waals surface area contributed by atoms with Gasteiger partial charge in [0.2, 0.25) is 0 Å². The molecule has 1 aliphatic rings. The summed E-state index contributed by atoms with van der Waals surface area (Å²) >= 11 is 7.16. The fourth-order valence-electron chi connectivity index (χ4n) is 3.02. The molecule has 1 aliphatic heterocycles. The number of nitrogens with one attached hydrogen (secondary N) is 1. The zero-order chi connectivity index (χ0) is 23.3. The summed E-state index contributed by atoms with van der Waals surface area (Å²) in [5.41, 5.74) is 1.82. The van der Waals surface area contributed by atoms with Crippen molar-refractivity contribution < 1.29 is 19.1 Å². The quantitative estimate of drug-likeness (QED) is 0.184. The van der Waals surface area contributed by atoms with Crippen molar-refractivity contribution in [1.29, 1.82) is 5.26 Å². The van der Waals surface area contributed by atoms with Crippen molar-refractivity contribution in [2.75, 3.05) is 13.7 Å². The van der Waals surface area contributed by atoms with Gasteiger partial charge in [0.1, 0.15) is 12.2 Å². The Morgan fingerprint density at radius 2 is 2.06 bits per heavy atom. The van der Waals surface area contributed by atoms with E-state index in [1.807, 2.05) is 12.1 Å². The fourth-order valence-corrected chi connectivity index (χ4v) is 4.06. The van der Waals surface area contributed by atoms with Gasteiger partial charge in [-0.2, -0.15) is 5.26 Å². The summed E-state index contributed by atoms with van der Waals surface area (Å²) in [6, 6.07) is 12.8. The number of thiocarbonyl (C=S) groups is 1. The molecule has 9 heteroatoms. The van der Waals surface area contributed by atoms with Gasteiger partial charge in [-0.1, -0.05) is 24.3 Å². The van der Waals surface area contributed by atoms with Crippen molar-refractivity contribution in [2.24, 2.45) is 0 Å². The third-order valence-corrected chi connectivity index (χ3v) is 5.69. The van der Waals surface area contributed by atoms with E-state index in [4.69, 9.17) is 21.7 Å². The lowest BCUT2D eigenvalue weighted by Gasteiger charge is -2.27. The highest BCUT2D eigenvalue weighted by molar-refractivity contribution is 14.1. The van der Waals surface area contributed by atoms with Crippen molar-refractivity contribution in [3.05, 3.63) is 74.9 Å². The first-order valence-electron chi connectivity index (χ1n) is 9.37. The maximum atomic E-state index is 12.7. The molecule has 0 bridgehead atoms. The topological polar surface area (TPSA) is 91.7 Å². The largest absolute Gasteiger partial charge is 0.493 e. The third kappa shape index (κ3) is 4.98. The van der Waals surface area contributed by atoms with Crippen LogP contribution in [0.15, 0.2) is 54.6 Å². The van der Waals surface area contributed by atoms with Crippen LogP contribution in [0.4, 0.5) is 0 Å². The number of halogens is 1. The molecule has 0 aromatic heterocycles. The molecular formula is C23H18IN3O4S. The number of hydrogen-bond acceptors (Lipinski definition) is 6. The van der Waals surface area contributed by atoms with Gasteiger partial charge in [-0.3, -0.25) is 19.8 Å². The summed E-state index contributed by atoms with van der Waals surface area (Å²) in [5, 5.41) is 11.8. The van der Waals surface area contributed by atoms with Crippen LogP contribution in [0, 0.1) is 14.9 Å². The average Bonchev–Trinajstić information content (AvgIpc) is 2.78. The number of nitrogens with zero attached hydrogens (tertiary/aromatic N) is 2. The van der Waals surface area contributed by atoms with E-state index >= 15 is 0 Å². The molecule has 0 unspecified atom stereocenters. The molecular weight excluding hydrogens is 541 g/mol. The molecule has 0 radical (unpaired) electrons. The molecule has 3 rings (SSSR count). The van der Waals surface area contributed by atoms with Gasteiger partial charge in [0.25, 0.3) is 11.8 Å². The number of benzene rings is 2. The molecule has 0 saturated carbocycles. The maximum absolute atomic E-state index is 12.7. The van der Waals surface area contributed by atoms with Gasteiger partial charge in [-0.05, 0) is 64.6 Å². The van der Waals surface area contributed by atoms with Crippen LogP contribution in [-0.4, -0.2) is 35.5 Å². The van der Waals surface area contributed by atoms with Gasteiger partial charge in [0, 0.05) is 12.1 Å². The lowest BCUT2D eigenvalue weighted by Crippen LogP contribution is -2.53. The molecule has 0 atom stereocenters. The monoisotopic (exact) mass is 559 g/mol. The first kappa shape index (κ1) is 23.4. The fraction of sp³-hybridized carbons (Fsp3) is 0.130. The SMILES string of the molecule is C=CCN1C(=O)/C(=C/c2cc(I)c(OCc3ccccc3C#N)c(OC)c2)C(=O)NC1=S. The summed E-state index contributed by atoms with van der Waals surface area (Å²) in [7, 11) is 1.50. The maximum Gasteiger partial charge on any atom is 0.265 e. The Balaban J connectivity index is 1.91. The molecule has 2 aromatic rings. The highest BCUT2D eigenvalue weighted by Gasteiger charge is 2.32. The van der Waals surface area contributed by atoms with E-state index in [1.165, 1.54) is 24.2 Å². The Hall–Kier alpha value is -3.23. The second-order valence-electron chi connectivity index (χ2n) is 6.61. The molecule has 2 amide bonds. The summed E-state index contributed by atoms with van der Waals surface area (Å²) in [4.78, 5) is 26.4. The first-order chi connectivity index (χ1) is 15.4. The minimum Gasteiger partial charge on any atom is -0.493 e. The zero-order valence-corrected chi connectivity index (χ0v) is 20.0. The highest BCUT2D eigenvalue weighted by Crippen LogP contribution is 2.35. The minimum atomic E-state index is -0.567. The van der Waals surface area contributed by atoms with Gasteiger partial charge in [0.05, 0.1) is 22.3 Å². The summed E-state index contributed by atoms with van der Waals surface area (Å²) in [6.07, 6.45) is 3.01. The number of hydrogen-bond donors (Lipinski definition) is 1. The van der Waals surface area contributed by atoms with Gasteiger partial charge in [-0.25, -0.2) is 0 Å². The van der Waals surface area contributed by atoms with Crippen LogP contribution in [0.1, 0.15) is 16.7 Å². The van der Waals surface area contributed by atoms with Crippen LogP contribution in [0.5, 0.6) is 11.5 Å². The number of rotatable bonds is 7. The average molecular weight is 559 g/mol. The number of nitriles is 1. The van der Waals surface area contributed by atoms with Crippen molar-refractivity contribution in [2.45, 2.75) is 6.61 Å². The van der Waals surface area contributed by atoms with Crippen LogP contribution in [0.3, 0.4) is 0 Å². The predicted molar refractivity (Wildman–Crippen MR) is 132 cm³/mol. The molecule has 1 saturated heterocycles. The van der Waals surface area contributed by atoms with Gasteiger partial charge in [0.15, 0.2) is 16.6 Å². The molecule has 1 fully saturated rings. The van der Waals surface area contributed by atoms with Crippen LogP contribution < -0.4 is 14.8 Å². The van der Waals surface area contributed by atoms with Crippen LogP contribution >= 0.6 is 34.8 Å². The minimum absolute atomic E-state index is 0.0464. The standard InChI is InChI=1S/C23H18IN3O4S/c1-3-8-27-22(29)17(21(28)26-23(27)32)9-14-10-18(24)20(19(11-14)30-2)31-13-16-7-5-4-6-15(16)12-25/h3-7,9-11H,1,8,13H2,2H3,(H,26,28,32)/b17-9+. The van der Waals surface area contributed by atoms with Gasteiger partial charge < -0.3 is 9.47 Å². The van der Waals surface area contributed by atoms with Crippen LogP contribution in [0.25, 0.3) is 6.08 Å². The number of methoxy groups -OCH3 is 1. The molecule has 0 spiro atoms. The first-order valence-corrected chi connectivity index (χ1v) is 10.9. The zero-order valence-electron chi connectivity index (χ0n) is 17.1. The number of amides is 2. The molecule has 2 aromatic carbocycles. The summed E-state index contributed by atoms with van der Waals surface area (Å²) < 4.78 is 12.1. The number of carbonyl (C=O) groups excluding carboxylic acids is 2. The van der Waals surface area contributed by atoms with Crippen molar-refractivity contribution in [3.63, 3.8) is 0 Å². The molecule has 32 heavy (non-hydrogen) atoms. The Kier molecular flexibility index (Phi) is 7.61. The number of ether oxygens (including phenoxy) is 2. The van der Waals surface area contributed by atoms with Crippen LogP contribution in [0.2, 0.25) is 0 Å². The highest BCUT2D eigenvalue weighted by atomic mass is 127. The van der Waals surface area contributed by atoms with E-state index in [2.05, 4.69) is 40.6 Å². The van der Waals surface area contributed by atoms with E-state index < -0.39 is 11.8 Å². The second kappa shape index (κ2) is 10.4. The summed E-state index contributed by atoms with van der Waals surface area (Å²) in [5.74, 6) is -0.138. The van der Waals surface area contributed by atoms with Crippen LogP contribution in [-0.2, 0) is 16.2 Å². The molecule has 1 heterocycles. The van der Waals surface area contributed by atoms with Crippen molar-refractivity contribution in [3.8, 4) is 17.6 Å². The molecule has 1 N–H and O–H groups in total. The Morgan fingerprint density at radius 3 is 2.75 bits per heavy atom. The third-order valence-electron chi connectivity index (χ3n) is 4.57. The van der Waals surface area contributed by atoms with Gasteiger partial charge in [-0.15, -0.1) is 6.58 Å². The normalized spacial score (nSPS) is 14.7. The molecule has 162 valence electrons. The Bertz CT molecular complexity index is 1190. The smallest absolute Gasteiger partial charge is 0.265 e. The molecule has 0 aliphatic carbocycles. The molecule has 7 nitrogen and oxygen atoms in total. The Morgan fingerprint density at radius 1 is 1.31 bits per heavy atom. The van der Waals surface area contributed by atoms with E-state index in [0.717, 1.165) is 5.56 Å². The second-order valence-corrected chi connectivity index (χ2v) is 8.16. The van der Waals surface area contributed by atoms with E-state index in [1.54, 1.807) is 24.3 Å². The van der Waals surface area contributed by atoms with Crippen molar-refractivity contribution in [1.82, 2.24) is 10.2 Å². The summed E-state index contributed by atoms with van der Waals surface area (Å²) in [6.45, 7) is 3.98. The number of carbonyl (C=O) groups is 2. The van der Waals surface area contributed by atoms with E-state index in [9.17, 15) is 14.9 Å². The van der Waals surface area contributed by atoms with Gasteiger partial charge >= 0.3 is 0 Å². The van der Waals surface area contributed by atoms with E-state index in [0.29, 0.717) is 26.2 Å². The lowest BCUT2D eigenvalue weighted by molar-refractivity contribution is -0.128.